The van der Waals surface area contributed by atoms with Crippen LogP contribution in [0.5, 0.6) is 0 Å². The number of aromatic nitrogens is 3. The minimum Gasteiger partial charge on any atom is -0.387 e. The number of nitrogens with zero attached hydrogens (tertiary/aromatic N) is 4. The van der Waals surface area contributed by atoms with Crippen molar-refractivity contribution in [3.8, 4) is 0 Å². The third kappa shape index (κ3) is 3.11. The van der Waals surface area contributed by atoms with Gasteiger partial charge in [-0.15, -0.1) is 0 Å². The second kappa shape index (κ2) is 6.05. The van der Waals surface area contributed by atoms with Crippen LogP contribution in [-0.4, -0.2) is 37.2 Å². The van der Waals surface area contributed by atoms with Gasteiger partial charge in [0.1, 0.15) is 12.7 Å². The van der Waals surface area contributed by atoms with Crippen LogP contribution in [-0.2, 0) is 17.9 Å². The summed E-state index contributed by atoms with van der Waals surface area (Å²) in [4.78, 5) is 17.9. The fourth-order valence-corrected chi connectivity index (χ4v) is 2.67. The smallest absolute Gasteiger partial charge is 0.223 e. The Kier molecular flexibility index (Phi) is 3.96. The van der Waals surface area contributed by atoms with Gasteiger partial charge in [-0.05, 0) is 17.5 Å². The lowest BCUT2D eigenvalue weighted by atomic mass is 9.97. The van der Waals surface area contributed by atoms with Gasteiger partial charge in [-0.2, -0.15) is 5.10 Å². The van der Waals surface area contributed by atoms with Crippen molar-refractivity contribution in [1.29, 1.82) is 0 Å². The molecular weight excluding hydrogens is 268 g/mol. The summed E-state index contributed by atoms with van der Waals surface area (Å²) in [5, 5.41) is 14.1. The van der Waals surface area contributed by atoms with E-state index in [0.717, 1.165) is 17.5 Å². The molecule has 0 aliphatic carbocycles. The van der Waals surface area contributed by atoms with Crippen LogP contribution in [0.3, 0.4) is 0 Å². The van der Waals surface area contributed by atoms with E-state index >= 15 is 0 Å². The highest BCUT2D eigenvalue weighted by atomic mass is 16.3. The van der Waals surface area contributed by atoms with Crippen molar-refractivity contribution < 1.29 is 9.90 Å². The Bertz CT molecular complexity index is 612. The van der Waals surface area contributed by atoms with Gasteiger partial charge in [-0.1, -0.05) is 24.3 Å². The first kappa shape index (κ1) is 13.8. The molecule has 1 unspecified atom stereocenters. The number of amides is 1. The molecule has 0 spiro atoms. The fraction of sp³-hybridized carbons (Fsp3) is 0.400. The van der Waals surface area contributed by atoms with E-state index in [1.54, 1.807) is 15.9 Å². The first-order valence-electron chi connectivity index (χ1n) is 7.10. The lowest BCUT2D eigenvalue weighted by Crippen LogP contribution is -2.38. The Balaban J connectivity index is 1.56. The molecule has 21 heavy (non-hydrogen) atoms. The number of carbonyl (C=O) groups is 1. The molecule has 1 aromatic carbocycles. The number of β-amino-alcohol motifs (C(OH)–C–C–N with tert-alkyl or cyclic N) is 1. The van der Waals surface area contributed by atoms with E-state index in [-0.39, 0.29) is 5.91 Å². The first-order chi connectivity index (χ1) is 10.2. The second-order valence-electron chi connectivity index (χ2n) is 5.25. The number of aliphatic hydroxyl groups excluding tert-OH is 1. The maximum Gasteiger partial charge on any atom is 0.223 e. The van der Waals surface area contributed by atoms with Crippen LogP contribution in [0.4, 0.5) is 0 Å². The van der Waals surface area contributed by atoms with E-state index in [9.17, 15) is 9.90 Å². The van der Waals surface area contributed by atoms with Crippen molar-refractivity contribution in [2.24, 2.45) is 0 Å². The molecule has 0 fully saturated rings. The molecule has 1 amide bonds. The first-order valence-corrected chi connectivity index (χ1v) is 7.10. The molecule has 110 valence electrons. The zero-order valence-electron chi connectivity index (χ0n) is 11.7. The lowest BCUT2D eigenvalue weighted by Gasteiger charge is -2.32. The number of aryl methyl sites for hydroxylation is 1. The number of fused-ring (bicyclic) bond motifs is 1. The minimum atomic E-state index is -0.589. The van der Waals surface area contributed by atoms with Crippen LogP contribution in [0.25, 0.3) is 0 Å². The minimum absolute atomic E-state index is 0.0728. The molecule has 0 bridgehead atoms. The maximum atomic E-state index is 12.3. The number of rotatable bonds is 4. The summed E-state index contributed by atoms with van der Waals surface area (Å²) in [6, 6.07) is 7.74. The highest BCUT2D eigenvalue weighted by Gasteiger charge is 2.25. The van der Waals surface area contributed by atoms with Gasteiger partial charge in [0.2, 0.25) is 5.91 Å². The van der Waals surface area contributed by atoms with Gasteiger partial charge < -0.3 is 10.0 Å². The average molecular weight is 286 g/mol. The summed E-state index contributed by atoms with van der Waals surface area (Å²) in [5.41, 5.74) is 1.96. The van der Waals surface area contributed by atoms with Crippen molar-refractivity contribution >= 4 is 5.91 Å². The second-order valence-corrected chi connectivity index (χ2v) is 5.25. The SMILES string of the molecule is O=C(CCCn1cncn1)N1Cc2ccccc2C(O)C1. The zero-order chi connectivity index (χ0) is 14.7. The summed E-state index contributed by atoms with van der Waals surface area (Å²) < 4.78 is 1.72. The van der Waals surface area contributed by atoms with E-state index in [0.29, 0.717) is 26.1 Å². The molecule has 1 N–H and O–H groups in total. The van der Waals surface area contributed by atoms with Crippen molar-refractivity contribution in [2.75, 3.05) is 6.54 Å². The van der Waals surface area contributed by atoms with Gasteiger partial charge in [0.25, 0.3) is 0 Å². The van der Waals surface area contributed by atoms with Crippen molar-refractivity contribution in [3.05, 3.63) is 48.0 Å². The van der Waals surface area contributed by atoms with Crippen molar-refractivity contribution in [3.63, 3.8) is 0 Å². The van der Waals surface area contributed by atoms with E-state index in [1.165, 1.54) is 6.33 Å². The van der Waals surface area contributed by atoms with Gasteiger partial charge in [-0.3, -0.25) is 9.48 Å². The van der Waals surface area contributed by atoms with Crippen LogP contribution >= 0.6 is 0 Å². The van der Waals surface area contributed by atoms with E-state index in [4.69, 9.17) is 0 Å². The largest absolute Gasteiger partial charge is 0.387 e. The van der Waals surface area contributed by atoms with Crippen LogP contribution < -0.4 is 0 Å². The van der Waals surface area contributed by atoms with Gasteiger partial charge in [0.15, 0.2) is 0 Å². The Hall–Kier alpha value is -2.21. The predicted molar refractivity (Wildman–Crippen MR) is 76.1 cm³/mol. The number of aliphatic hydroxyl groups is 1. The van der Waals surface area contributed by atoms with E-state index in [2.05, 4.69) is 10.1 Å². The van der Waals surface area contributed by atoms with Gasteiger partial charge >= 0.3 is 0 Å². The van der Waals surface area contributed by atoms with Crippen LogP contribution in [0.15, 0.2) is 36.9 Å². The Labute approximate surface area is 123 Å². The molecule has 1 aliphatic rings. The molecule has 0 radical (unpaired) electrons. The standard InChI is InChI=1S/C15H18N4O2/c20-14-9-18(8-12-4-1-2-5-13(12)14)15(21)6-3-7-19-11-16-10-17-19/h1-2,4-5,10-11,14,20H,3,6-9H2. The van der Waals surface area contributed by atoms with Crippen LogP contribution in [0.1, 0.15) is 30.1 Å². The molecule has 6 nitrogen and oxygen atoms in total. The molecule has 3 rings (SSSR count). The maximum absolute atomic E-state index is 12.3. The number of carbonyl (C=O) groups excluding carboxylic acids is 1. The summed E-state index contributed by atoms with van der Waals surface area (Å²) in [7, 11) is 0. The van der Waals surface area contributed by atoms with Crippen molar-refractivity contribution in [1.82, 2.24) is 19.7 Å². The molecule has 0 saturated carbocycles. The quantitative estimate of drug-likeness (QED) is 0.914. The molecule has 2 aromatic rings. The summed E-state index contributed by atoms with van der Waals surface area (Å²) in [5.74, 6) is 0.0728. The Morgan fingerprint density at radius 1 is 1.38 bits per heavy atom. The van der Waals surface area contributed by atoms with E-state index < -0.39 is 6.10 Å². The molecule has 2 heterocycles. The fourth-order valence-electron chi connectivity index (χ4n) is 2.67. The third-order valence-corrected chi connectivity index (χ3v) is 3.77. The number of benzene rings is 1. The predicted octanol–water partition coefficient (Wildman–Crippen LogP) is 1.13. The summed E-state index contributed by atoms with van der Waals surface area (Å²) in [6.45, 7) is 1.63. The highest BCUT2D eigenvalue weighted by molar-refractivity contribution is 5.76. The molecule has 1 aromatic heterocycles. The Morgan fingerprint density at radius 2 is 2.24 bits per heavy atom. The van der Waals surface area contributed by atoms with Crippen molar-refractivity contribution in [2.45, 2.75) is 32.0 Å². The highest BCUT2D eigenvalue weighted by Crippen LogP contribution is 2.26. The zero-order valence-corrected chi connectivity index (χ0v) is 11.7. The molecule has 1 aliphatic heterocycles. The molecule has 1 atom stereocenters. The lowest BCUT2D eigenvalue weighted by molar-refractivity contribution is -0.134. The van der Waals surface area contributed by atoms with Crippen LogP contribution in [0.2, 0.25) is 0 Å². The third-order valence-electron chi connectivity index (χ3n) is 3.77. The summed E-state index contributed by atoms with van der Waals surface area (Å²) in [6.07, 6.45) is 3.71. The molecular formula is C15H18N4O2. The molecule has 0 saturated heterocycles. The van der Waals surface area contributed by atoms with Crippen LogP contribution in [0, 0.1) is 0 Å². The topological polar surface area (TPSA) is 71.2 Å². The Morgan fingerprint density at radius 3 is 3.05 bits per heavy atom. The van der Waals surface area contributed by atoms with Gasteiger partial charge in [0.05, 0.1) is 12.6 Å². The van der Waals surface area contributed by atoms with E-state index in [1.807, 2.05) is 24.3 Å². The monoisotopic (exact) mass is 286 g/mol. The summed E-state index contributed by atoms with van der Waals surface area (Å²) >= 11 is 0. The number of hydrogen-bond acceptors (Lipinski definition) is 4. The average Bonchev–Trinajstić information content (AvgIpc) is 3.00. The van der Waals surface area contributed by atoms with Gasteiger partial charge in [-0.25, -0.2) is 4.98 Å². The normalized spacial score (nSPS) is 17.6. The number of hydrogen-bond donors (Lipinski definition) is 1. The van der Waals surface area contributed by atoms with Gasteiger partial charge in [0, 0.05) is 19.5 Å². The molecule has 6 heteroatoms.